The van der Waals surface area contributed by atoms with Crippen LogP contribution in [-0.2, 0) is 4.74 Å². The van der Waals surface area contributed by atoms with Crippen molar-refractivity contribution >= 4 is 29.8 Å². The zero-order chi connectivity index (χ0) is 15.4. The summed E-state index contributed by atoms with van der Waals surface area (Å²) in [6, 6.07) is 2.24. The average molecular weight is 319 g/mol. The van der Waals surface area contributed by atoms with Gasteiger partial charge in [0.15, 0.2) is 5.82 Å². The van der Waals surface area contributed by atoms with Gasteiger partial charge >= 0.3 is 6.02 Å². The molecule has 0 spiro atoms. The van der Waals surface area contributed by atoms with Gasteiger partial charge in [0.2, 0.25) is 0 Å². The molecule has 7 heteroatoms. The molecule has 4 heterocycles. The highest BCUT2D eigenvalue weighted by Gasteiger charge is 2.36. The fourth-order valence-corrected chi connectivity index (χ4v) is 3.35. The molecule has 3 fully saturated rings. The molecule has 6 nitrogen and oxygen atoms in total. The van der Waals surface area contributed by atoms with E-state index < -0.39 is 0 Å². The molecule has 22 heavy (non-hydrogen) atoms. The van der Waals surface area contributed by atoms with Crippen molar-refractivity contribution in [1.29, 1.82) is 0 Å². The largest absolute Gasteiger partial charge is 0.458 e. The Morgan fingerprint density at radius 3 is 2.86 bits per heavy atom. The third kappa shape index (κ3) is 3.64. The maximum Gasteiger partial charge on any atom is 0.318 e. The number of aromatic nitrogens is 2. The molecule has 0 radical (unpaired) electrons. The highest BCUT2D eigenvalue weighted by atomic mass is 32.2. The van der Waals surface area contributed by atoms with Crippen molar-refractivity contribution in [2.45, 2.75) is 30.9 Å². The lowest BCUT2D eigenvalue weighted by Crippen LogP contribution is -2.51. The van der Waals surface area contributed by atoms with Gasteiger partial charge in [0.05, 0.1) is 0 Å². The van der Waals surface area contributed by atoms with Gasteiger partial charge in [-0.05, 0) is 45.0 Å². The predicted molar refractivity (Wildman–Crippen MR) is 89.1 cm³/mol. The number of ether oxygens (including phenoxy) is 1. The highest BCUT2D eigenvalue weighted by Crippen LogP contribution is 2.30. The molecule has 118 valence electrons. The second kappa shape index (κ2) is 7.19. The first-order valence-corrected chi connectivity index (χ1v) is 8.83. The van der Waals surface area contributed by atoms with Gasteiger partial charge < -0.3 is 4.74 Å². The zero-order valence-corrected chi connectivity index (χ0v) is 13.8. The van der Waals surface area contributed by atoms with Gasteiger partial charge in [0.25, 0.3) is 0 Å². The lowest BCUT2D eigenvalue weighted by molar-refractivity contribution is -0.0152. The minimum atomic E-state index is 0.187. The topological polar surface area (TPSA) is 63.0 Å². The van der Waals surface area contributed by atoms with E-state index in [-0.39, 0.29) is 6.10 Å². The van der Waals surface area contributed by atoms with Crippen LogP contribution in [0.15, 0.2) is 27.4 Å². The Balaban J connectivity index is 1.75. The summed E-state index contributed by atoms with van der Waals surface area (Å²) in [6.45, 7) is 5.22. The lowest BCUT2D eigenvalue weighted by atomic mass is 9.86. The molecule has 1 unspecified atom stereocenters. The average Bonchev–Trinajstić information content (AvgIpc) is 2.56. The van der Waals surface area contributed by atoms with Crippen molar-refractivity contribution in [2.75, 3.05) is 25.9 Å². The molecule has 0 aliphatic carbocycles. The fraction of sp³-hybridized carbons (Fsp3) is 0.600. The third-order valence-corrected chi connectivity index (χ3v) is 4.78. The number of rotatable bonds is 3. The molecule has 1 aromatic heterocycles. The Labute approximate surface area is 135 Å². The molecule has 3 aliphatic heterocycles. The van der Waals surface area contributed by atoms with Crippen LogP contribution >= 0.6 is 11.8 Å². The highest BCUT2D eigenvalue weighted by molar-refractivity contribution is 7.98. The Morgan fingerprint density at radius 2 is 2.23 bits per heavy atom. The molecule has 1 aromatic rings. The van der Waals surface area contributed by atoms with Crippen molar-refractivity contribution in [1.82, 2.24) is 14.9 Å². The molecule has 1 atom stereocenters. The number of piperidine rings is 3. The van der Waals surface area contributed by atoms with Gasteiger partial charge in [-0.3, -0.25) is 4.90 Å². The SMILES string of the molecule is CC=NC(=Nc1cc(SC)ncn1)OC1CN2CCC1CC2. The van der Waals surface area contributed by atoms with E-state index in [0.717, 1.165) is 11.6 Å². The number of aliphatic imine (C=N–C) groups is 2. The summed E-state index contributed by atoms with van der Waals surface area (Å²) in [5, 5.41) is 0.886. The molecule has 3 aliphatic rings. The van der Waals surface area contributed by atoms with Crippen LogP contribution in [0.25, 0.3) is 0 Å². The molecule has 2 bridgehead atoms. The van der Waals surface area contributed by atoms with Gasteiger partial charge in [0.1, 0.15) is 17.5 Å². The van der Waals surface area contributed by atoms with Crippen LogP contribution in [0.4, 0.5) is 5.82 Å². The summed E-state index contributed by atoms with van der Waals surface area (Å²) in [5.41, 5.74) is 0. The summed E-state index contributed by atoms with van der Waals surface area (Å²) in [7, 11) is 0. The number of hydrogen-bond acceptors (Lipinski definition) is 6. The van der Waals surface area contributed by atoms with Crippen LogP contribution in [0.5, 0.6) is 0 Å². The Morgan fingerprint density at radius 1 is 1.41 bits per heavy atom. The molecular formula is C15H21N5OS. The van der Waals surface area contributed by atoms with Gasteiger partial charge in [-0.25, -0.2) is 15.0 Å². The molecule has 0 N–H and O–H groups in total. The first-order valence-electron chi connectivity index (χ1n) is 7.61. The number of thioether (sulfide) groups is 1. The van der Waals surface area contributed by atoms with Crippen molar-refractivity contribution in [3.05, 3.63) is 12.4 Å². The van der Waals surface area contributed by atoms with Crippen LogP contribution < -0.4 is 0 Å². The quantitative estimate of drug-likeness (QED) is 0.370. The van der Waals surface area contributed by atoms with Crippen molar-refractivity contribution in [2.24, 2.45) is 15.9 Å². The Kier molecular flexibility index (Phi) is 5.04. The van der Waals surface area contributed by atoms with E-state index in [2.05, 4.69) is 24.9 Å². The van der Waals surface area contributed by atoms with Crippen molar-refractivity contribution in [3.63, 3.8) is 0 Å². The van der Waals surface area contributed by atoms with E-state index in [0.29, 0.717) is 17.8 Å². The number of amidine groups is 1. The van der Waals surface area contributed by atoms with Gasteiger partial charge in [0, 0.05) is 18.8 Å². The minimum Gasteiger partial charge on any atom is -0.458 e. The Bertz CT molecular complexity index is 569. The first-order chi connectivity index (χ1) is 10.8. The third-order valence-electron chi connectivity index (χ3n) is 4.14. The van der Waals surface area contributed by atoms with E-state index in [1.54, 1.807) is 18.0 Å². The van der Waals surface area contributed by atoms with Crippen LogP contribution in [0.1, 0.15) is 19.8 Å². The maximum absolute atomic E-state index is 6.09. The summed E-state index contributed by atoms with van der Waals surface area (Å²) < 4.78 is 6.09. The summed E-state index contributed by atoms with van der Waals surface area (Å²) >= 11 is 1.56. The van der Waals surface area contributed by atoms with Crippen LogP contribution in [0, 0.1) is 5.92 Å². The number of fused-ring (bicyclic) bond motifs is 3. The number of hydrogen-bond donors (Lipinski definition) is 0. The van der Waals surface area contributed by atoms with E-state index in [4.69, 9.17) is 4.74 Å². The van der Waals surface area contributed by atoms with Crippen LogP contribution in [0.2, 0.25) is 0 Å². The van der Waals surface area contributed by atoms with E-state index in [1.807, 2.05) is 19.2 Å². The molecular weight excluding hydrogens is 298 g/mol. The van der Waals surface area contributed by atoms with Crippen molar-refractivity contribution < 1.29 is 4.74 Å². The molecule has 0 amide bonds. The lowest BCUT2D eigenvalue weighted by Gasteiger charge is -2.43. The second-order valence-electron chi connectivity index (χ2n) is 5.49. The summed E-state index contributed by atoms with van der Waals surface area (Å²) in [5.74, 6) is 1.20. The molecule has 0 saturated carbocycles. The van der Waals surface area contributed by atoms with E-state index in [1.165, 1.54) is 32.3 Å². The predicted octanol–water partition coefficient (Wildman–Crippen LogP) is 2.39. The summed E-state index contributed by atoms with van der Waals surface area (Å²) in [6.07, 6.45) is 7.80. The van der Waals surface area contributed by atoms with Crippen LogP contribution in [0.3, 0.4) is 0 Å². The standard InChI is InChI=1S/C15H21N5OS/c1-3-16-15(19-13-8-14(22-2)18-10-17-13)21-12-9-20-6-4-11(12)5-7-20/h3,8,10-12H,4-7,9H2,1-2H3. The molecule has 4 rings (SSSR count). The van der Waals surface area contributed by atoms with E-state index in [9.17, 15) is 0 Å². The second-order valence-corrected chi connectivity index (χ2v) is 6.32. The molecule has 3 saturated heterocycles. The van der Waals surface area contributed by atoms with Gasteiger partial charge in [-0.15, -0.1) is 11.8 Å². The van der Waals surface area contributed by atoms with E-state index >= 15 is 0 Å². The first kappa shape index (κ1) is 15.4. The van der Waals surface area contributed by atoms with Crippen molar-refractivity contribution in [3.8, 4) is 0 Å². The Hall–Kier alpha value is -1.47. The van der Waals surface area contributed by atoms with Gasteiger partial charge in [-0.2, -0.15) is 4.99 Å². The number of nitrogens with zero attached hydrogens (tertiary/aromatic N) is 5. The fourth-order valence-electron chi connectivity index (χ4n) is 2.98. The van der Waals surface area contributed by atoms with Gasteiger partial charge in [-0.1, -0.05) is 0 Å². The minimum absolute atomic E-state index is 0.187. The van der Waals surface area contributed by atoms with Crippen LogP contribution in [-0.4, -0.2) is 59.1 Å². The maximum atomic E-state index is 6.09. The molecule has 0 aromatic carbocycles. The normalized spacial score (nSPS) is 28.3. The summed E-state index contributed by atoms with van der Waals surface area (Å²) in [4.78, 5) is 19.5. The smallest absolute Gasteiger partial charge is 0.318 e. The monoisotopic (exact) mass is 319 g/mol. The zero-order valence-electron chi connectivity index (χ0n) is 13.0.